The molecule has 4 rings (SSSR count). The SMILES string of the molecule is Cc1nn(C)cc1-c1cccc(C(N)=O)c1C(=O)Nc1cccc2c1C(C)CC2(C)C. The van der Waals surface area contributed by atoms with Crippen LogP contribution in [0.25, 0.3) is 11.1 Å². The van der Waals surface area contributed by atoms with Gasteiger partial charge in [-0.3, -0.25) is 14.3 Å². The average Bonchev–Trinajstić information content (AvgIpc) is 3.16. The number of carbonyl (C=O) groups excluding carboxylic acids is 2. The van der Waals surface area contributed by atoms with E-state index in [-0.39, 0.29) is 22.4 Å². The van der Waals surface area contributed by atoms with Gasteiger partial charge in [0.15, 0.2) is 0 Å². The molecule has 0 spiro atoms. The monoisotopic (exact) mass is 416 g/mol. The molecule has 6 nitrogen and oxygen atoms in total. The molecule has 1 aromatic heterocycles. The molecule has 1 unspecified atom stereocenters. The standard InChI is InChI=1S/C25H28N4O2/c1-14-12-25(3,4)19-10-7-11-20(21(14)19)27-24(31)22-16(8-6-9-17(22)23(26)30)18-13-29(5)28-15(18)2/h6-11,13-14H,12H2,1-5H3,(H2,26,30)(H,27,31). The molecular weight excluding hydrogens is 388 g/mol. The number of aromatic nitrogens is 2. The van der Waals surface area contributed by atoms with Crippen LogP contribution in [-0.4, -0.2) is 21.6 Å². The molecule has 3 aromatic rings. The Labute approximate surface area is 182 Å². The highest BCUT2D eigenvalue weighted by Gasteiger charge is 2.36. The third kappa shape index (κ3) is 3.52. The van der Waals surface area contributed by atoms with Gasteiger partial charge in [0.2, 0.25) is 5.91 Å². The molecule has 0 saturated carbocycles. The molecule has 1 aliphatic carbocycles. The number of carbonyl (C=O) groups is 2. The first-order valence-electron chi connectivity index (χ1n) is 10.5. The quantitative estimate of drug-likeness (QED) is 0.655. The summed E-state index contributed by atoms with van der Waals surface area (Å²) in [6.45, 7) is 8.52. The number of fused-ring (bicyclic) bond motifs is 1. The van der Waals surface area contributed by atoms with Crippen LogP contribution >= 0.6 is 0 Å². The Kier molecular flexibility index (Phi) is 4.96. The Hall–Kier alpha value is -3.41. The van der Waals surface area contributed by atoms with Crippen molar-refractivity contribution in [1.29, 1.82) is 0 Å². The third-order valence-corrected chi connectivity index (χ3v) is 6.25. The minimum Gasteiger partial charge on any atom is -0.366 e. The molecule has 0 radical (unpaired) electrons. The van der Waals surface area contributed by atoms with Crippen molar-refractivity contribution in [2.45, 2.75) is 45.4 Å². The van der Waals surface area contributed by atoms with Crippen LogP contribution in [0.4, 0.5) is 5.69 Å². The molecule has 0 aliphatic heterocycles. The van der Waals surface area contributed by atoms with E-state index in [1.54, 1.807) is 16.8 Å². The number of hydrogen-bond donors (Lipinski definition) is 2. The van der Waals surface area contributed by atoms with Gasteiger partial charge in [-0.15, -0.1) is 0 Å². The van der Waals surface area contributed by atoms with Crippen LogP contribution in [0.1, 0.15) is 70.6 Å². The maximum Gasteiger partial charge on any atom is 0.257 e. The number of hydrogen-bond acceptors (Lipinski definition) is 3. The van der Waals surface area contributed by atoms with Crippen molar-refractivity contribution in [2.24, 2.45) is 12.8 Å². The molecular formula is C25H28N4O2. The molecule has 0 fully saturated rings. The summed E-state index contributed by atoms with van der Waals surface area (Å²) in [6.07, 6.45) is 2.87. The van der Waals surface area contributed by atoms with E-state index in [0.29, 0.717) is 11.5 Å². The van der Waals surface area contributed by atoms with Gasteiger partial charge in [0.25, 0.3) is 5.91 Å². The first-order valence-corrected chi connectivity index (χ1v) is 10.5. The topological polar surface area (TPSA) is 90.0 Å². The van der Waals surface area contributed by atoms with Gasteiger partial charge in [0, 0.05) is 24.5 Å². The molecule has 2 amide bonds. The van der Waals surface area contributed by atoms with Crippen LogP contribution in [0.3, 0.4) is 0 Å². The fraction of sp³-hybridized carbons (Fsp3) is 0.320. The molecule has 1 atom stereocenters. The summed E-state index contributed by atoms with van der Waals surface area (Å²) in [4.78, 5) is 25.8. The van der Waals surface area contributed by atoms with E-state index in [9.17, 15) is 9.59 Å². The number of rotatable bonds is 4. The lowest BCUT2D eigenvalue weighted by Gasteiger charge is -2.20. The lowest BCUT2D eigenvalue weighted by molar-refractivity contribution is 0.0977. The van der Waals surface area contributed by atoms with Gasteiger partial charge in [0.1, 0.15) is 0 Å². The van der Waals surface area contributed by atoms with Crippen molar-refractivity contribution in [3.05, 3.63) is 70.5 Å². The van der Waals surface area contributed by atoms with Crippen LogP contribution < -0.4 is 11.1 Å². The fourth-order valence-electron chi connectivity index (χ4n) is 5.05. The summed E-state index contributed by atoms with van der Waals surface area (Å²) in [5.41, 5.74) is 11.6. The zero-order valence-corrected chi connectivity index (χ0v) is 18.6. The average molecular weight is 417 g/mol. The first-order chi connectivity index (χ1) is 14.6. The maximum absolute atomic E-state index is 13.6. The van der Waals surface area contributed by atoms with Crippen molar-refractivity contribution in [3.63, 3.8) is 0 Å². The first kappa shape index (κ1) is 20.8. The Morgan fingerprint density at radius 2 is 1.87 bits per heavy atom. The maximum atomic E-state index is 13.6. The van der Waals surface area contributed by atoms with Crippen LogP contribution in [0.15, 0.2) is 42.6 Å². The van der Waals surface area contributed by atoms with E-state index in [1.807, 2.05) is 38.4 Å². The summed E-state index contributed by atoms with van der Waals surface area (Å²) in [7, 11) is 1.82. The lowest BCUT2D eigenvalue weighted by atomic mass is 9.86. The number of nitrogens with zero attached hydrogens (tertiary/aromatic N) is 2. The predicted octanol–water partition coefficient (Wildman–Crippen LogP) is 4.53. The number of amides is 2. The second kappa shape index (κ2) is 7.38. The van der Waals surface area contributed by atoms with Gasteiger partial charge >= 0.3 is 0 Å². The highest BCUT2D eigenvalue weighted by atomic mass is 16.2. The smallest absolute Gasteiger partial charge is 0.257 e. The van der Waals surface area contributed by atoms with E-state index in [4.69, 9.17) is 5.73 Å². The second-order valence-corrected chi connectivity index (χ2v) is 9.10. The molecule has 3 N–H and O–H groups in total. The molecule has 0 bridgehead atoms. The van der Waals surface area contributed by atoms with Gasteiger partial charge in [-0.2, -0.15) is 5.10 Å². The van der Waals surface area contributed by atoms with E-state index in [2.05, 4.69) is 37.3 Å². The third-order valence-electron chi connectivity index (χ3n) is 6.25. The number of anilines is 1. The minimum atomic E-state index is -0.638. The van der Waals surface area contributed by atoms with Crippen LogP contribution in [0, 0.1) is 6.92 Å². The summed E-state index contributed by atoms with van der Waals surface area (Å²) >= 11 is 0. The molecule has 31 heavy (non-hydrogen) atoms. The number of primary amides is 1. The fourth-order valence-corrected chi connectivity index (χ4v) is 5.05. The zero-order valence-electron chi connectivity index (χ0n) is 18.6. The number of nitrogens with one attached hydrogen (secondary N) is 1. The van der Waals surface area contributed by atoms with E-state index in [1.165, 1.54) is 5.56 Å². The van der Waals surface area contributed by atoms with Crippen molar-refractivity contribution in [2.75, 3.05) is 5.32 Å². The van der Waals surface area contributed by atoms with Crippen LogP contribution in [0.5, 0.6) is 0 Å². The number of aryl methyl sites for hydroxylation is 2. The van der Waals surface area contributed by atoms with Gasteiger partial charge in [-0.05, 0) is 53.5 Å². The van der Waals surface area contributed by atoms with Crippen molar-refractivity contribution in [1.82, 2.24) is 9.78 Å². The number of benzene rings is 2. The predicted molar refractivity (Wildman–Crippen MR) is 122 cm³/mol. The van der Waals surface area contributed by atoms with Crippen molar-refractivity contribution in [3.8, 4) is 11.1 Å². The second-order valence-electron chi connectivity index (χ2n) is 9.10. The summed E-state index contributed by atoms with van der Waals surface area (Å²) in [5.74, 6) is -0.660. The summed E-state index contributed by atoms with van der Waals surface area (Å²) in [5, 5.41) is 7.47. The zero-order chi connectivity index (χ0) is 22.5. The lowest BCUT2D eigenvalue weighted by Crippen LogP contribution is -2.22. The van der Waals surface area contributed by atoms with E-state index < -0.39 is 5.91 Å². The Balaban J connectivity index is 1.83. The van der Waals surface area contributed by atoms with Gasteiger partial charge < -0.3 is 11.1 Å². The minimum absolute atomic E-state index is 0.0542. The Morgan fingerprint density at radius 1 is 1.16 bits per heavy atom. The highest BCUT2D eigenvalue weighted by Crippen LogP contribution is 2.48. The number of nitrogens with two attached hydrogens (primary N) is 1. The van der Waals surface area contributed by atoms with Crippen molar-refractivity contribution >= 4 is 17.5 Å². The van der Waals surface area contributed by atoms with E-state index >= 15 is 0 Å². The van der Waals surface area contributed by atoms with Crippen molar-refractivity contribution < 1.29 is 9.59 Å². The molecule has 6 heteroatoms. The summed E-state index contributed by atoms with van der Waals surface area (Å²) < 4.78 is 1.69. The van der Waals surface area contributed by atoms with Gasteiger partial charge in [-0.1, -0.05) is 45.0 Å². The van der Waals surface area contributed by atoms with Crippen LogP contribution in [-0.2, 0) is 12.5 Å². The molecule has 160 valence electrons. The van der Waals surface area contributed by atoms with Gasteiger partial charge in [-0.25, -0.2) is 0 Å². The summed E-state index contributed by atoms with van der Waals surface area (Å²) in [6, 6.07) is 11.2. The Bertz CT molecular complexity index is 1210. The molecule has 2 aromatic carbocycles. The van der Waals surface area contributed by atoms with Gasteiger partial charge in [0.05, 0.1) is 16.8 Å². The molecule has 1 heterocycles. The normalized spacial score (nSPS) is 16.7. The Morgan fingerprint density at radius 3 is 2.52 bits per heavy atom. The van der Waals surface area contributed by atoms with E-state index in [0.717, 1.165) is 28.9 Å². The molecule has 1 aliphatic rings. The van der Waals surface area contributed by atoms with Crippen LogP contribution in [0.2, 0.25) is 0 Å². The molecule has 0 saturated heterocycles. The highest BCUT2D eigenvalue weighted by molar-refractivity contribution is 6.16. The largest absolute Gasteiger partial charge is 0.366 e.